The highest BCUT2D eigenvalue weighted by atomic mass is 19.1. The molecule has 0 aliphatic rings. The summed E-state index contributed by atoms with van der Waals surface area (Å²) in [4.78, 5) is 15.9. The molecule has 6 heteroatoms. The van der Waals surface area contributed by atoms with Crippen molar-refractivity contribution in [2.24, 2.45) is 0 Å². The highest BCUT2D eigenvalue weighted by Crippen LogP contribution is 2.19. The summed E-state index contributed by atoms with van der Waals surface area (Å²) < 4.78 is 23.2. The summed E-state index contributed by atoms with van der Waals surface area (Å²) in [5.41, 5.74) is 2.44. The minimum absolute atomic E-state index is 0.134. The molecule has 0 radical (unpaired) electrons. The van der Waals surface area contributed by atoms with E-state index < -0.39 is 5.97 Å². The van der Waals surface area contributed by atoms with Gasteiger partial charge in [-0.15, -0.1) is 0 Å². The summed E-state index contributed by atoms with van der Waals surface area (Å²) >= 11 is 0. The van der Waals surface area contributed by atoms with Crippen molar-refractivity contribution in [3.63, 3.8) is 0 Å². The summed E-state index contributed by atoms with van der Waals surface area (Å²) in [5.74, 6) is -0.310. The van der Waals surface area contributed by atoms with Crippen LogP contribution in [0.1, 0.15) is 17.0 Å². The van der Waals surface area contributed by atoms with Gasteiger partial charge in [0.05, 0.1) is 0 Å². The first-order valence-corrected chi connectivity index (χ1v) is 7.61. The summed E-state index contributed by atoms with van der Waals surface area (Å²) in [7, 11) is 0. The zero-order valence-corrected chi connectivity index (χ0v) is 13.5. The Hall–Kier alpha value is -3.28. The fourth-order valence-corrected chi connectivity index (χ4v) is 2.20. The number of hydrogen-bond donors (Lipinski definition) is 0. The number of aryl methyl sites for hydroxylation is 1. The van der Waals surface area contributed by atoms with Crippen molar-refractivity contribution in [1.82, 2.24) is 10.1 Å². The van der Waals surface area contributed by atoms with Crippen LogP contribution < -0.4 is 0 Å². The minimum atomic E-state index is -0.583. The number of benzene rings is 2. The van der Waals surface area contributed by atoms with E-state index in [1.807, 2.05) is 31.2 Å². The van der Waals surface area contributed by atoms with Crippen LogP contribution in [-0.4, -0.2) is 16.1 Å². The van der Waals surface area contributed by atoms with Gasteiger partial charge in [-0.05, 0) is 36.3 Å². The molecule has 25 heavy (non-hydrogen) atoms. The standard InChI is InChI=1S/C19H15FN2O3/c1-13-5-2-3-8-16(13)19-21-17(25-22-19)12-24-18(23)10-9-14-6-4-7-15(20)11-14/h2-11H,12H2,1H3/b10-9+. The number of nitrogens with zero attached hydrogens (tertiary/aromatic N) is 2. The first kappa shape index (κ1) is 16.6. The summed E-state index contributed by atoms with van der Waals surface area (Å²) in [6, 6.07) is 13.5. The Kier molecular flexibility index (Phi) is 4.99. The number of halogens is 1. The van der Waals surface area contributed by atoms with E-state index in [1.165, 1.54) is 24.3 Å². The first-order chi connectivity index (χ1) is 12.1. The van der Waals surface area contributed by atoms with Gasteiger partial charge < -0.3 is 9.26 Å². The minimum Gasteiger partial charge on any atom is -0.452 e. The van der Waals surface area contributed by atoms with E-state index in [9.17, 15) is 9.18 Å². The number of rotatable bonds is 5. The third-order valence-electron chi connectivity index (χ3n) is 3.45. The van der Waals surface area contributed by atoms with E-state index in [-0.39, 0.29) is 18.3 Å². The van der Waals surface area contributed by atoms with Crippen molar-refractivity contribution >= 4 is 12.0 Å². The second-order valence-corrected chi connectivity index (χ2v) is 5.32. The van der Waals surface area contributed by atoms with E-state index >= 15 is 0 Å². The van der Waals surface area contributed by atoms with Gasteiger partial charge in [-0.3, -0.25) is 0 Å². The Morgan fingerprint density at radius 1 is 1.24 bits per heavy atom. The molecule has 0 bridgehead atoms. The van der Waals surface area contributed by atoms with Crippen molar-refractivity contribution in [2.45, 2.75) is 13.5 Å². The molecule has 0 spiro atoms. The monoisotopic (exact) mass is 338 g/mol. The van der Waals surface area contributed by atoms with E-state index in [1.54, 1.807) is 12.1 Å². The molecule has 1 heterocycles. The fraction of sp³-hybridized carbons (Fsp3) is 0.105. The molecule has 0 aliphatic heterocycles. The number of esters is 1. The van der Waals surface area contributed by atoms with Crippen LogP contribution in [-0.2, 0) is 16.1 Å². The smallest absolute Gasteiger partial charge is 0.331 e. The van der Waals surface area contributed by atoms with Gasteiger partial charge in [0, 0.05) is 11.6 Å². The van der Waals surface area contributed by atoms with Gasteiger partial charge in [0.2, 0.25) is 5.82 Å². The Balaban J connectivity index is 1.59. The maximum absolute atomic E-state index is 13.1. The maximum atomic E-state index is 13.1. The highest BCUT2D eigenvalue weighted by molar-refractivity contribution is 5.86. The zero-order chi connectivity index (χ0) is 17.6. The second kappa shape index (κ2) is 7.53. The Bertz CT molecular complexity index is 918. The van der Waals surface area contributed by atoms with Gasteiger partial charge in [-0.2, -0.15) is 4.98 Å². The number of ether oxygens (including phenoxy) is 1. The molecule has 5 nitrogen and oxygen atoms in total. The molecule has 0 N–H and O–H groups in total. The van der Waals surface area contributed by atoms with Crippen molar-refractivity contribution < 1.29 is 18.4 Å². The fourth-order valence-electron chi connectivity index (χ4n) is 2.20. The lowest BCUT2D eigenvalue weighted by Crippen LogP contribution is -2.01. The van der Waals surface area contributed by atoms with Crippen molar-refractivity contribution in [3.05, 3.63) is 77.4 Å². The third-order valence-corrected chi connectivity index (χ3v) is 3.45. The van der Waals surface area contributed by atoms with E-state index in [4.69, 9.17) is 9.26 Å². The van der Waals surface area contributed by atoms with Crippen LogP contribution in [0.3, 0.4) is 0 Å². The molecular weight excluding hydrogens is 323 g/mol. The van der Waals surface area contributed by atoms with Gasteiger partial charge in [0.1, 0.15) is 5.82 Å². The predicted molar refractivity (Wildman–Crippen MR) is 89.7 cm³/mol. The Labute approximate surface area is 143 Å². The van der Waals surface area contributed by atoms with Crippen LogP contribution >= 0.6 is 0 Å². The lowest BCUT2D eigenvalue weighted by atomic mass is 10.1. The molecule has 3 rings (SSSR count). The van der Waals surface area contributed by atoms with Crippen molar-refractivity contribution in [1.29, 1.82) is 0 Å². The zero-order valence-electron chi connectivity index (χ0n) is 13.5. The molecule has 0 atom stereocenters. The Morgan fingerprint density at radius 2 is 2.08 bits per heavy atom. The normalized spacial score (nSPS) is 11.0. The second-order valence-electron chi connectivity index (χ2n) is 5.32. The largest absolute Gasteiger partial charge is 0.452 e. The summed E-state index contributed by atoms with van der Waals surface area (Å²) in [5, 5.41) is 3.89. The van der Waals surface area contributed by atoms with Crippen LogP contribution in [0.15, 0.2) is 59.1 Å². The van der Waals surface area contributed by atoms with Gasteiger partial charge in [-0.1, -0.05) is 41.6 Å². The molecule has 0 saturated heterocycles. The van der Waals surface area contributed by atoms with E-state index in [2.05, 4.69) is 10.1 Å². The van der Waals surface area contributed by atoms with Crippen molar-refractivity contribution in [2.75, 3.05) is 0 Å². The average molecular weight is 338 g/mol. The molecule has 1 aromatic heterocycles. The van der Waals surface area contributed by atoms with Crippen LogP contribution in [0, 0.1) is 12.7 Å². The van der Waals surface area contributed by atoms with Gasteiger partial charge in [-0.25, -0.2) is 9.18 Å². The van der Waals surface area contributed by atoms with E-state index in [0.717, 1.165) is 11.1 Å². The van der Waals surface area contributed by atoms with Gasteiger partial charge >= 0.3 is 5.97 Å². The molecule has 0 saturated carbocycles. The lowest BCUT2D eigenvalue weighted by Gasteiger charge is -1.98. The Morgan fingerprint density at radius 3 is 2.88 bits per heavy atom. The van der Waals surface area contributed by atoms with Crippen LogP contribution in [0.2, 0.25) is 0 Å². The van der Waals surface area contributed by atoms with E-state index in [0.29, 0.717) is 11.4 Å². The quantitative estimate of drug-likeness (QED) is 0.521. The average Bonchev–Trinajstić information content (AvgIpc) is 3.07. The third kappa shape index (κ3) is 4.38. The number of carbonyl (C=O) groups is 1. The molecule has 126 valence electrons. The highest BCUT2D eigenvalue weighted by Gasteiger charge is 2.11. The number of carbonyl (C=O) groups excluding carboxylic acids is 1. The van der Waals surface area contributed by atoms with Crippen LogP contribution in [0.25, 0.3) is 17.5 Å². The number of hydrogen-bond acceptors (Lipinski definition) is 5. The predicted octanol–water partition coefficient (Wildman–Crippen LogP) is 3.94. The van der Waals surface area contributed by atoms with Crippen molar-refractivity contribution in [3.8, 4) is 11.4 Å². The van der Waals surface area contributed by atoms with Gasteiger partial charge in [0.25, 0.3) is 5.89 Å². The lowest BCUT2D eigenvalue weighted by molar-refractivity contribution is -0.139. The molecule has 0 amide bonds. The SMILES string of the molecule is Cc1ccccc1-c1noc(COC(=O)/C=C/c2cccc(F)c2)n1. The van der Waals surface area contributed by atoms with Crippen LogP contribution in [0.4, 0.5) is 4.39 Å². The molecule has 2 aromatic carbocycles. The molecular formula is C19H15FN2O3. The van der Waals surface area contributed by atoms with Gasteiger partial charge in [0.15, 0.2) is 6.61 Å². The first-order valence-electron chi connectivity index (χ1n) is 7.61. The molecule has 0 aliphatic carbocycles. The molecule has 0 fully saturated rings. The summed E-state index contributed by atoms with van der Waals surface area (Å²) in [6.07, 6.45) is 2.69. The van der Waals surface area contributed by atoms with Crippen LogP contribution in [0.5, 0.6) is 0 Å². The summed E-state index contributed by atoms with van der Waals surface area (Å²) in [6.45, 7) is 1.81. The number of aromatic nitrogens is 2. The molecule has 0 unspecified atom stereocenters. The molecule has 3 aromatic rings. The topological polar surface area (TPSA) is 65.2 Å². The maximum Gasteiger partial charge on any atom is 0.331 e.